The van der Waals surface area contributed by atoms with Gasteiger partial charge in [-0.05, 0) is 37.5 Å². The number of carbonyl (C=O) groups is 3. The summed E-state index contributed by atoms with van der Waals surface area (Å²) in [6.45, 7) is 5.28. The molecular formula is C15H24NNaO6. The summed E-state index contributed by atoms with van der Waals surface area (Å²) >= 11 is 0. The molecule has 0 radical (unpaired) electrons. The number of aliphatic carboxylic acids is 1. The summed E-state index contributed by atoms with van der Waals surface area (Å²) in [6, 6.07) is 0. The molecule has 1 amide bonds. The minimum Gasteiger partial charge on any atom is -0.550 e. The molecule has 1 rings (SSSR count). The maximum Gasteiger partial charge on any atom is 1.00 e. The molecule has 1 N–H and O–H groups in total. The maximum atomic E-state index is 11.6. The summed E-state index contributed by atoms with van der Waals surface area (Å²) in [6.07, 6.45) is 1.03. The van der Waals surface area contributed by atoms with Crippen LogP contribution in [-0.2, 0) is 19.1 Å². The van der Waals surface area contributed by atoms with Gasteiger partial charge in [0.1, 0.15) is 0 Å². The van der Waals surface area contributed by atoms with E-state index in [1.165, 1.54) is 6.92 Å². The van der Waals surface area contributed by atoms with Crippen molar-refractivity contribution in [3.05, 3.63) is 0 Å². The van der Waals surface area contributed by atoms with E-state index in [1.807, 2.05) is 0 Å². The number of ether oxygens (including phenoxy) is 2. The smallest absolute Gasteiger partial charge is 0.550 e. The van der Waals surface area contributed by atoms with Gasteiger partial charge in [-0.1, -0.05) is 13.8 Å². The predicted octanol–water partition coefficient (Wildman–Crippen LogP) is -2.18. The number of rotatable bonds is 6. The fraction of sp³-hybridized carbons (Fsp3) is 0.800. The van der Waals surface area contributed by atoms with E-state index in [0.717, 1.165) is 12.8 Å². The van der Waals surface area contributed by atoms with Crippen LogP contribution in [0.4, 0.5) is 4.79 Å². The van der Waals surface area contributed by atoms with Crippen molar-refractivity contribution in [1.82, 2.24) is 5.32 Å². The zero-order valence-corrected chi connectivity index (χ0v) is 16.3. The van der Waals surface area contributed by atoms with Gasteiger partial charge in [-0.25, -0.2) is 4.79 Å². The summed E-state index contributed by atoms with van der Waals surface area (Å²) in [5, 5.41) is 13.4. The van der Waals surface area contributed by atoms with Gasteiger partial charge in [0.15, 0.2) is 0 Å². The molecule has 0 aromatic heterocycles. The van der Waals surface area contributed by atoms with Gasteiger partial charge in [-0.3, -0.25) is 4.79 Å². The average molecular weight is 337 g/mol. The van der Waals surface area contributed by atoms with E-state index >= 15 is 0 Å². The van der Waals surface area contributed by atoms with Crippen molar-refractivity contribution in [1.29, 1.82) is 0 Å². The molecule has 7 nitrogen and oxygen atoms in total. The molecule has 1 aliphatic carbocycles. The zero-order chi connectivity index (χ0) is 16.7. The van der Waals surface area contributed by atoms with Crippen molar-refractivity contribution >= 4 is 18.0 Å². The monoisotopic (exact) mass is 337 g/mol. The van der Waals surface area contributed by atoms with Crippen LogP contribution < -0.4 is 40.0 Å². The molecule has 1 atom stereocenters. The van der Waals surface area contributed by atoms with Gasteiger partial charge in [0.25, 0.3) is 0 Å². The third kappa shape index (κ3) is 8.58. The molecule has 126 valence electrons. The van der Waals surface area contributed by atoms with E-state index in [2.05, 4.69) is 5.32 Å². The molecule has 0 aliphatic heterocycles. The second-order valence-electron chi connectivity index (χ2n) is 5.98. The van der Waals surface area contributed by atoms with Crippen LogP contribution in [-0.4, -0.2) is 30.9 Å². The molecule has 0 spiro atoms. The van der Waals surface area contributed by atoms with E-state index < -0.39 is 24.3 Å². The van der Waals surface area contributed by atoms with E-state index in [0.29, 0.717) is 19.4 Å². The van der Waals surface area contributed by atoms with E-state index in [4.69, 9.17) is 9.47 Å². The first kappa shape index (κ1) is 22.2. The summed E-state index contributed by atoms with van der Waals surface area (Å²) in [7, 11) is 0. The Bertz CT molecular complexity index is 407. The SMILES string of the molecule is CC(C)C(=O)O[C@@H](C)OC(=O)NCC1CCC(C(=O)[O-])CC1.[Na+]. The van der Waals surface area contributed by atoms with Crippen LogP contribution in [0.5, 0.6) is 0 Å². The summed E-state index contributed by atoms with van der Waals surface area (Å²) < 4.78 is 9.84. The Balaban J connectivity index is 0.00000484. The molecule has 8 heteroatoms. The van der Waals surface area contributed by atoms with E-state index in [9.17, 15) is 19.5 Å². The number of esters is 1. The Hall–Kier alpha value is -0.790. The summed E-state index contributed by atoms with van der Waals surface area (Å²) in [5.41, 5.74) is 0. The second kappa shape index (κ2) is 10.9. The van der Waals surface area contributed by atoms with Gasteiger partial charge < -0.3 is 24.7 Å². The Morgan fingerprint density at radius 2 is 1.65 bits per heavy atom. The fourth-order valence-electron chi connectivity index (χ4n) is 2.35. The molecule has 1 saturated carbocycles. The molecule has 1 aliphatic rings. The molecular weight excluding hydrogens is 313 g/mol. The molecule has 0 aromatic carbocycles. The fourth-order valence-corrected chi connectivity index (χ4v) is 2.35. The van der Waals surface area contributed by atoms with Crippen LogP contribution in [0, 0.1) is 17.8 Å². The third-order valence-electron chi connectivity index (χ3n) is 3.74. The third-order valence-corrected chi connectivity index (χ3v) is 3.74. The Labute approximate surface area is 158 Å². The van der Waals surface area contributed by atoms with Crippen LogP contribution in [0.15, 0.2) is 0 Å². The number of hydrogen-bond acceptors (Lipinski definition) is 6. The zero-order valence-electron chi connectivity index (χ0n) is 14.3. The van der Waals surface area contributed by atoms with E-state index in [1.54, 1.807) is 13.8 Å². The first-order valence-electron chi connectivity index (χ1n) is 7.65. The van der Waals surface area contributed by atoms with Crippen molar-refractivity contribution in [3.63, 3.8) is 0 Å². The molecule has 0 bridgehead atoms. The van der Waals surface area contributed by atoms with Crippen molar-refractivity contribution in [2.24, 2.45) is 17.8 Å². The second-order valence-corrected chi connectivity index (χ2v) is 5.98. The Morgan fingerprint density at radius 1 is 1.09 bits per heavy atom. The van der Waals surface area contributed by atoms with Gasteiger partial charge >= 0.3 is 41.6 Å². The first-order valence-corrected chi connectivity index (χ1v) is 7.65. The first-order chi connectivity index (χ1) is 10.3. The number of carboxylic acid groups (broad SMARTS) is 1. The molecule has 23 heavy (non-hydrogen) atoms. The predicted molar refractivity (Wildman–Crippen MR) is 75.3 cm³/mol. The number of hydrogen-bond donors (Lipinski definition) is 1. The molecule has 0 unspecified atom stereocenters. The Kier molecular flexibility index (Phi) is 10.5. The van der Waals surface area contributed by atoms with Gasteiger partial charge in [-0.15, -0.1) is 0 Å². The number of carbonyl (C=O) groups excluding carboxylic acids is 3. The largest absolute Gasteiger partial charge is 1.00 e. The normalized spacial score (nSPS) is 21.7. The minimum absolute atomic E-state index is 0. The van der Waals surface area contributed by atoms with Gasteiger partial charge in [-0.2, -0.15) is 0 Å². The molecule has 0 saturated heterocycles. The van der Waals surface area contributed by atoms with Gasteiger partial charge in [0.2, 0.25) is 6.29 Å². The molecule has 0 heterocycles. The van der Waals surface area contributed by atoms with Crippen molar-refractivity contribution in [2.75, 3.05) is 6.54 Å². The number of amides is 1. The number of alkyl carbamates (subject to hydrolysis) is 1. The van der Waals surface area contributed by atoms with Crippen molar-refractivity contribution < 1.29 is 58.5 Å². The quantitative estimate of drug-likeness (QED) is 0.336. The van der Waals surface area contributed by atoms with E-state index in [-0.39, 0.29) is 47.3 Å². The van der Waals surface area contributed by atoms with Crippen LogP contribution in [0.1, 0.15) is 46.5 Å². The molecule has 1 fully saturated rings. The van der Waals surface area contributed by atoms with Gasteiger partial charge in [0, 0.05) is 19.4 Å². The number of nitrogens with one attached hydrogen (secondary N) is 1. The van der Waals surface area contributed by atoms with Crippen LogP contribution in [0.2, 0.25) is 0 Å². The standard InChI is InChI=1S/C15H25NO6.Na/c1-9(2)14(19)21-10(3)22-15(20)16-8-11-4-6-12(7-5-11)13(17)18;/h9-12H,4-8H2,1-3H3,(H,16,20)(H,17,18);/q;+1/p-1/t10-,11?,12?;/m1./s1. The minimum atomic E-state index is -0.994. The van der Waals surface area contributed by atoms with Crippen molar-refractivity contribution in [2.45, 2.75) is 52.7 Å². The Morgan fingerprint density at radius 3 is 2.13 bits per heavy atom. The maximum absolute atomic E-state index is 11.6. The summed E-state index contributed by atoms with van der Waals surface area (Å²) in [5.74, 6) is -1.85. The summed E-state index contributed by atoms with van der Waals surface area (Å²) in [4.78, 5) is 33.7. The van der Waals surface area contributed by atoms with Crippen LogP contribution in [0.3, 0.4) is 0 Å². The topological polar surface area (TPSA) is 105 Å². The number of carboxylic acids is 1. The van der Waals surface area contributed by atoms with Crippen molar-refractivity contribution in [3.8, 4) is 0 Å². The average Bonchev–Trinajstić information content (AvgIpc) is 2.45. The van der Waals surface area contributed by atoms with Gasteiger partial charge in [0.05, 0.1) is 5.92 Å². The van der Waals surface area contributed by atoms with Crippen LogP contribution >= 0.6 is 0 Å². The van der Waals surface area contributed by atoms with Crippen LogP contribution in [0.25, 0.3) is 0 Å². The molecule has 0 aromatic rings.